The Hall–Kier alpha value is -0.830. The fraction of sp³-hybridized carbons (Fsp3) is 0.625. The zero-order chi connectivity index (χ0) is 7.68. The summed E-state index contributed by atoms with van der Waals surface area (Å²) in [5, 5.41) is 7.30. The number of rotatable bonds is 1. The summed E-state index contributed by atoms with van der Waals surface area (Å²) in [6.07, 6.45) is 1.96. The molecule has 3 nitrogen and oxygen atoms in total. The van der Waals surface area contributed by atoms with Gasteiger partial charge in [0.05, 0.1) is 5.69 Å². The lowest BCUT2D eigenvalue weighted by Gasteiger charge is -2.10. The van der Waals surface area contributed by atoms with Crippen molar-refractivity contribution in [3.8, 4) is 0 Å². The van der Waals surface area contributed by atoms with Gasteiger partial charge in [0.15, 0.2) is 0 Å². The maximum absolute atomic E-state index is 5.19. The predicted octanol–water partition coefficient (Wildman–Crippen LogP) is 0.883. The second-order valence-corrected chi connectivity index (χ2v) is 2.81. The van der Waals surface area contributed by atoms with Crippen molar-refractivity contribution in [3.63, 3.8) is 0 Å². The van der Waals surface area contributed by atoms with Crippen LogP contribution in [0.1, 0.15) is 23.9 Å². The van der Waals surface area contributed by atoms with Crippen LogP contribution in [-0.2, 0) is 19.4 Å². The van der Waals surface area contributed by atoms with E-state index in [4.69, 9.17) is 4.52 Å². The Labute approximate surface area is 65.8 Å². The lowest BCUT2D eigenvalue weighted by molar-refractivity contribution is 0.369. The molecule has 3 heteroatoms. The fourth-order valence-electron chi connectivity index (χ4n) is 1.47. The van der Waals surface area contributed by atoms with Gasteiger partial charge >= 0.3 is 0 Å². The first kappa shape index (κ1) is 6.85. The number of hydrogen-bond acceptors (Lipinski definition) is 3. The Morgan fingerprint density at radius 1 is 1.64 bits per heavy atom. The molecule has 0 spiro atoms. The van der Waals surface area contributed by atoms with Crippen molar-refractivity contribution in [2.75, 3.05) is 6.54 Å². The van der Waals surface area contributed by atoms with E-state index in [-0.39, 0.29) is 0 Å². The molecule has 1 aromatic rings. The van der Waals surface area contributed by atoms with Crippen LogP contribution in [0.2, 0.25) is 0 Å². The van der Waals surface area contributed by atoms with E-state index in [2.05, 4.69) is 17.4 Å². The number of hydrogen-bond donors (Lipinski definition) is 1. The topological polar surface area (TPSA) is 38.1 Å². The van der Waals surface area contributed by atoms with E-state index in [1.54, 1.807) is 0 Å². The smallest absolute Gasteiger partial charge is 0.142 e. The van der Waals surface area contributed by atoms with Crippen molar-refractivity contribution in [1.29, 1.82) is 0 Å². The van der Waals surface area contributed by atoms with Gasteiger partial charge in [0, 0.05) is 25.1 Å². The molecular weight excluding hydrogens is 140 g/mol. The third-order valence-corrected chi connectivity index (χ3v) is 2.12. The van der Waals surface area contributed by atoms with Crippen LogP contribution in [0, 0.1) is 0 Å². The summed E-state index contributed by atoms with van der Waals surface area (Å²) in [5.41, 5.74) is 2.41. The van der Waals surface area contributed by atoms with Crippen molar-refractivity contribution in [3.05, 3.63) is 17.0 Å². The second kappa shape index (κ2) is 2.66. The van der Waals surface area contributed by atoms with Crippen LogP contribution in [0.4, 0.5) is 0 Å². The molecule has 0 bridgehead atoms. The highest BCUT2D eigenvalue weighted by molar-refractivity contribution is 5.24. The summed E-state index contributed by atoms with van der Waals surface area (Å²) in [4.78, 5) is 0. The molecule has 1 aliphatic heterocycles. The summed E-state index contributed by atoms with van der Waals surface area (Å²) in [7, 11) is 0. The van der Waals surface area contributed by atoms with Gasteiger partial charge in [0.25, 0.3) is 0 Å². The first-order chi connectivity index (χ1) is 5.42. The molecular formula is C8H12N2O. The van der Waals surface area contributed by atoms with E-state index in [9.17, 15) is 0 Å². The third kappa shape index (κ3) is 1.05. The van der Waals surface area contributed by atoms with E-state index in [0.29, 0.717) is 0 Å². The first-order valence-corrected chi connectivity index (χ1v) is 4.09. The summed E-state index contributed by atoms with van der Waals surface area (Å²) >= 11 is 0. The molecule has 0 atom stereocenters. The van der Waals surface area contributed by atoms with E-state index in [1.165, 1.54) is 5.56 Å². The maximum Gasteiger partial charge on any atom is 0.142 e. The van der Waals surface area contributed by atoms with Gasteiger partial charge in [0.2, 0.25) is 0 Å². The van der Waals surface area contributed by atoms with Gasteiger partial charge in [-0.05, 0) is 6.42 Å². The summed E-state index contributed by atoms with van der Waals surface area (Å²) < 4.78 is 5.19. The second-order valence-electron chi connectivity index (χ2n) is 2.81. The summed E-state index contributed by atoms with van der Waals surface area (Å²) in [6.45, 7) is 4.06. The van der Waals surface area contributed by atoms with Gasteiger partial charge in [0.1, 0.15) is 5.76 Å². The lowest BCUT2D eigenvalue weighted by Crippen LogP contribution is -2.23. The van der Waals surface area contributed by atoms with Gasteiger partial charge in [-0.25, -0.2) is 0 Å². The minimum absolute atomic E-state index is 0.933. The highest BCUT2D eigenvalue weighted by atomic mass is 16.5. The molecule has 0 fully saturated rings. The molecule has 60 valence electrons. The number of fused-ring (bicyclic) bond motifs is 1. The van der Waals surface area contributed by atoms with Gasteiger partial charge in [-0.3, -0.25) is 0 Å². The maximum atomic E-state index is 5.19. The zero-order valence-electron chi connectivity index (χ0n) is 6.68. The Morgan fingerprint density at radius 3 is 3.36 bits per heavy atom. The molecule has 0 saturated carbocycles. The van der Waals surface area contributed by atoms with Crippen molar-refractivity contribution < 1.29 is 4.52 Å². The summed E-state index contributed by atoms with van der Waals surface area (Å²) in [5.74, 6) is 1.08. The van der Waals surface area contributed by atoms with E-state index in [0.717, 1.165) is 37.4 Å². The molecule has 0 aromatic carbocycles. The Balaban J connectivity index is 2.38. The van der Waals surface area contributed by atoms with Crippen LogP contribution in [0.5, 0.6) is 0 Å². The highest BCUT2D eigenvalue weighted by Crippen LogP contribution is 2.17. The molecule has 1 N–H and O–H groups in total. The molecule has 2 rings (SSSR count). The normalized spacial score (nSPS) is 16.5. The Bertz CT molecular complexity index is 241. The van der Waals surface area contributed by atoms with Crippen LogP contribution >= 0.6 is 0 Å². The third-order valence-electron chi connectivity index (χ3n) is 2.12. The number of aromatic nitrogens is 1. The number of nitrogens with one attached hydrogen (secondary N) is 1. The monoisotopic (exact) mass is 152 g/mol. The number of aryl methyl sites for hydroxylation is 1. The summed E-state index contributed by atoms with van der Waals surface area (Å²) in [6, 6.07) is 0. The zero-order valence-corrected chi connectivity index (χ0v) is 6.68. The quantitative estimate of drug-likeness (QED) is 0.649. The number of nitrogens with zero attached hydrogens (tertiary/aromatic N) is 1. The first-order valence-electron chi connectivity index (χ1n) is 4.09. The lowest BCUT2D eigenvalue weighted by atomic mass is 10.1. The van der Waals surface area contributed by atoms with Crippen molar-refractivity contribution in [2.45, 2.75) is 26.3 Å². The average molecular weight is 152 g/mol. The molecule has 2 heterocycles. The molecule has 0 unspecified atom stereocenters. The average Bonchev–Trinajstić information content (AvgIpc) is 2.47. The van der Waals surface area contributed by atoms with Crippen LogP contribution in [0.15, 0.2) is 4.52 Å². The van der Waals surface area contributed by atoms with E-state index < -0.39 is 0 Å². The van der Waals surface area contributed by atoms with Crippen LogP contribution in [-0.4, -0.2) is 11.7 Å². The van der Waals surface area contributed by atoms with E-state index in [1.807, 2.05) is 0 Å². The van der Waals surface area contributed by atoms with Crippen LogP contribution < -0.4 is 5.32 Å². The largest absolute Gasteiger partial charge is 0.361 e. The van der Waals surface area contributed by atoms with Crippen molar-refractivity contribution in [2.24, 2.45) is 0 Å². The molecule has 1 aromatic heterocycles. The Morgan fingerprint density at radius 2 is 2.55 bits per heavy atom. The van der Waals surface area contributed by atoms with Gasteiger partial charge in [-0.15, -0.1) is 0 Å². The standard InChI is InChI=1S/C8H12N2O/c1-2-7-6-5-9-4-3-8(6)11-10-7/h9H,2-5H2,1H3. The van der Waals surface area contributed by atoms with Gasteiger partial charge < -0.3 is 9.84 Å². The molecule has 0 radical (unpaired) electrons. The van der Waals surface area contributed by atoms with E-state index >= 15 is 0 Å². The minimum atomic E-state index is 0.933. The minimum Gasteiger partial charge on any atom is -0.361 e. The van der Waals surface area contributed by atoms with Crippen molar-refractivity contribution >= 4 is 0 Å². The molecule has 0 aliphatic carbocycles. The van der Waals surface area contributed by atoms with Crippen LogP contribution in [0.3, 0.4) is 0 Å². The van der Waals surface area contributed by atoms with Crippen LogP contribution in [0.25, 0.3) is 0 Å². The van der Waals surface area contributed by atoms with Gasteiger partial charge in [-0.2, -0.15) is 0 Å². The van der Waals surface area contributed by atoms with Gasteiger partial charge in [-0.1, -0.05) is 12.1 Å². The SMILES string of the molecule is CCc1noc2c1CNCC2. The molecule has 11 heavy (non-hydrogen) atoms. The molecule has 1 aliphatic rings. The highest BCUT2D eigenvalue weighted by Gasteiger charge is 2.16. The molecule has 0 amide bonds. The van der Waals surface area contributed by atoms with Crippen molar-refractivity contribution in [1.82, 2.24) is 10.5 Å². The fourth-order valence-corrected chi connectivity index (χ4v) is 1.47. The predicted molar refractivity (Wildman–Crippen MR) is 41.3 cm³/mol. The molecule has 0 saturated heterocycles. The Kier molecular flexibility index (Phi) is 1.66.